The van der Waals surface area contributed by atoms with E-state index in [1.807, 2.05) is 42.8 Å². The number of amides is 1. The molecule has 0 bridgehead atoms. The average Bonchev–Trinajstić information content (AvgIpc) is 3.63. The maximum atomic E-state index is 14.0. The van der Waals surface area contributed by atoms with Gasteiger partial charge in [0, 0.05) is 31.0 Å². The van der Waals surface area contributed by atoms with Crippen LogP contribution in [0.25, 0.3) is 21.6 Å². The van der Waals surface area contributed by atoms with E-state index in [-0.39, 0.29) is 16.9 Å². The molecule has 0 aliphatic heterocycles. The van der Waals surface area contributed by atoms with Crippen molar-refractivity contribution in [1.29, 1.82) is 0 Å². The molecule has 1 aromatic carbocycles. The second-order valence-corrected chi connectivity index (χ2v) is 9.63. The number of thiophene rings is 1. The Morgan fingerprint density at radius 1 is 1.18 bits per heavy atom. The van der Waals surface area contributed by atoms with Crippen LogP contribution in [0.15, 0.2) is 71.4 Å². The molecular weight excluding hydrogens is 514 g/mol. The second kappa shape index (κ2) is 9.55. The van der Waals surface area contributed by atoms with Gasteiger partial charge in [-0.15, -0.1) is 16.4 Å². The molecule has 5 heterocycles. The van der Waals surface area contributed by atoms with Gasteiger partial charge < -0.3 is 11.1 Å². The first-order valence-electron chi connectivity index (χ1n) is 11.9. The lowest BCUT2D eigenvalue weighted by Gasteiger charge is -2.19. The minimum absolute atomic E-state index is 0.0531. The number of carbonyl (C=O) groups is 1. The zero-order valence-corrected chi connectivity index (χ0v) is 21.7. The molecule has 0 saturated heterocycles. The molecule has 0 aliphatic rings. The minimum Gasteiger partial charge on any atom is -0.381 e. The van der Waals surface area contributed by atoms with Crippen LogP contribution in [0.3, 0.4) is 0 Å². The largest absolute Gasteiger partial charge is 0.381 e. The summed E-state index contributed by atoms with van der Waals surface area (Å²) in [5, 5.41) is 13.4. The van der Waals surface area contributed by atoms with Crippen LogP contribution < -0.4 is 16.6 Å². The van der Waals surface area contributed by atoms with Gasteiger partial charge in [-0.3, -0.25) is 18.8 Å². The standard InChI is InChI=1S/C27H21N9O2S/c1-16(31-25(37)21-22(28)33-35-12-6-11-29-24(21)35)23-32-26-20(27(38)36(23)19-7-4-3-5-8-19)18(15-39-26)10-9-17-13-30-34(2)14-17/h3-8,11-16H,1-2H3,(H2,28,33)(H,31,37). The minimum atomic E-state index is -0.667. The number of carbonyl (C=O) groups excluding carboxylic acids is 1. The van der Waals surface area contributed by atoms with Crippen LogP contribution >= 0.6 is 11.3 Å². The van der Waals surface area contributed by atoms with Crippen molar-refractivity contribution in [1.82, 2.24) is 39.2 Å². The first kappa shape index (κ1) is 24.1. The molecule has 192 valence electrons. The average molecular weight is 536 g/mol. The van der Waals surface area contributed by atoms with Crippen molar-refractivity contribution in [3.63, 3.8) is 0 Å². The number of rotatable bonds is 4. The Hall–Kier alpha value is -5.28. The van der Waals surface area contributed by atoms with Crippen LogP contribution in [0.5, 0.6) is 0 Å². The van der Waals surface area contributed by atoms with E-state index in [1.54, 1.807) is 42.5 Å². The third-order valence-electron chi connectivity index (χ3n) is 6.08. The van der Waals surface area contributed by atoms with Gasteiger partial charge >= 0.3 is 0 Å². The Bertz CT molecular complexity index is 1990. The topological polar surface area (TPSA) is 138 Å². The second-order valence-electron chi connectivity index (χ2n) is 8.77. The number of nitrogens with zero attached hydrogens (tertiary/aromatic N) is 7. The molecule has 12 heteroatoms. The molecule has 11 nitrogen and oxygen atoms in total. The Kier molecular flexibility index (Phi) is 5.90. The lowest BCUT2D eigenvalue weighted by Crippen LogP contribution is -2.33. The van der Waals surface area contributed by atoms with Crippen molar-refractivity contribution < 1.29 is 4.79 Å². The fraction of sp³-hybridized carbons (Fsp3) is 0.111. The molecule has 0 fully saturated rings. The maximum Gasteiger partial charge on any atom is 0.268 e. The van der Waals surface area contributed by atoms with E-state index in [4.69, 9.17) is 10.7 Å². The summed E-state index contributed by atoms with van der Waals surface area (Å²) in [6.45, 7) is 1.76. The molecule has 1 amide bonds. The van der Waals surface area contributed by atoms with Crippen LogP contribution in [-0.2, 0) is 7.05 Å². The molecule has 0 aliphatic carbocycles. The van der Waals surface area contributed by atoms with Gasteiger partial charge in [0.1, 0.15) is 16.2 Å². The molecule has 39 heavy (non-hydrogen) atoms. The van der Waals surface area contributed by atoms with Crippen LogP contribution in [0.2, 0.25) is 0 Å². The molecule has 1 atom stereocenters. The Morgan fingerprint density at radius 3 is 2.77 bits per heavy atom. The van der Waals surface area contributed by atoms with Gasteiger partial charge in [-0.1, -0.05) is 30.0 Å². The predicted octanol–water partition coefficient (Wildman–Crippen LogP) is 2.70. The number of benzene rings is 1. The molecule has 5 aromatic heterocycles. The molecule has 0 saturated carbocycles. The number of para-hydroxylation sites is 1. The van der Waals surface area contributed by atoms with Crippen LogP contribution in [-0.4, -0.2) is 39.8 Å². The van der Waals surface area contributed by atoms with Crippen LogP contribution in [0.4, 0.5) is 5.82 Å². The number of fused-ring (bicyclic) bond motifs is 2. The molecule has 6 aromatic rings. The summed E-state index contributed by atoms with van der Waals surface area (Å²) in [6, 6.07) is 10.2. The first-order valence-corrected chi connectivity index (χ1v) is 12.8. The number of hydrogen-bond donors (Lipinski definition) is 2. The Labute approximate surface area is 225 Å². The van der Waals surface area contributed by atoms with Gasteiger partial charge in [-0.05, 0) is 25.1 Å². The lowest BCUT2D eigenvalue weighted by molar-refractivity contribution is 0.0940. The Morgan fingerprint density at radius 2 is 2.00 bits per heavy atom. The van der Waals surface area contributed by atoms with Gasteiger partial charge in [0.2, 0.25) is 0 Å². The van der Waals surface area contributed by atoms with E-state index in [1.165, 1.54) is 20.4 Å². The van der Waals surface area contributed by atoms with E-state index in [9.17, 15) is 9.59 Å². The van der Waals surface area contributed by atoms with Crippen molar-refractivity contribution >= 4 is 38.9 Å². The lowest BCUT2D eigenvalue weighted by atomic mass is 10.2. The van der Waals surface area contributed by atoms with Gasteiger partial charge in [-0.2, -0.15) is 5.10 Å². The first-order chi connectivity index (χ1) is 18.9. The zero-order valence-electron chi connectivity index (χ0n) is 20.9. The van der Waals surface area contributed by atoms with E-state index >= 15 is 0 Å². The highest BCUT2D eigenvalue weighted by Gasteiger charge is 2.25. The number of nitrogen functional groups attached to an aromatic ring is 1. The number of aromatic nitrogens is 7. The van der Waals surface area contributed by atoms with Crippen molar-refractivity contribution in [2.45, 2.75) is 13.0 Å². The number of nitrogens with two attached hydrogens (primary N) is 1. The normalized spacial score (nSPS) is 11.8. The van der Waals surface area contributed by atoms with E-state index in [0.29, 0.717) is 32.9 Å². The van der Waals surface area contributed by atoms with E-state index in [0.717, 1.165) is 5.56 Å². The third-order valence-corrected chi connectivity index (χ3v) is 6.95. The summed E-state index contributed by atoms with van der Waals surface area (Å²) in [6.07, 6.45) is 6.69. The zero-order chi connectivity index (χ0) is 27.1. The summed E-state index contributed by atoms with van der Waals surface area (Å²) >= 11 is 1.32. The smallest absolute Gasteiger partial charge is 0.268 e. The fourth-order valence-electron chi connectivity index (χ4n) is 4.30. The fourth-order valence-corrected chi connectivity index (χ4v) is 5.16. The van der Waals surface area contributed by atoms with E-state index < -0.39 is 11.9 Å². The highest BCUT2D eigenvalue weighted by atomic mass is 32.1. The van der Waals surface area contributed by atoms with Gasteiger partial charge in [0.25, 0.3) is 11.5 Å². The third kappa shape index (κ3) is 4.30. The molecule has 0 spiro atoms. The Balaban J connectivity index is 1.45. The SMILES string of the molecule is CC(NC(=O)c1c(N)nn2cccnc12)c1nc2scc(C#Cc3cnn(C)c3)c2c(=O)n1-c1ccccc1. The van der Waals surface area contributed by atoms with Crippen molar-refractivity contribution in [2.24, 2.45) is 7.05 Å². The van der Waals surface area contributed by atoms with E-state index in [2.05, 4.69) is 32.3 Å². The van der Waals surface area contributed by atoms with Gasteiger partial charge in [0.15, 0.2) is 11.5 Å². The van der Waals surface area contributed by atoms with Gasteiger partial charge in [-0.25, -0.2) is 14.5 Å². The van der Waals surface area contributed by atoms with Crippen LogP contribution in [0, 0.1) is 11.8 Å². The highest BCUT2D eigenvalue weighted by molar-refractivity contribution is 7.17. The highest BCUT2D eigenvalue weighted by Crippen LogP contribution is 2.25. The number of anilines is 1. The number of aryl methyl sites for hydroxylation is 1. The summed E-state index contributed by atoms with van der Waals surface area (Å²) < 4.78 is 4.62. The summed E-state index contributed by atoms with van der Waals surface area (Å²) in [7, 11) is 1.82. The molecular formula is C27H21N9O2S. The van der Waals surface area contributed by atoms with Crippen molar-refractivity contribution in [2.75, 3.05) is 5.73 Å². The summed E-state index contributed by atoms with van der Waals surface area (Å²) in [4.78, 5) is 36.9. The molecule has 0 radical (unpaired) electrons. The quantitative estimate of drug-likeness (QED) is 0.331. The van der Waals surface area contributed by atoms with Crippen LogP contribution in [0.1, 0.15) is 40.3 Å². The molecule has 1 unspecified atom stereocenters. The summed E-state index contributed by atoms with van der Waals surface area (Å²) in [5.74, 6) is 6.10. The number of hydrogen-bond acceptors (Lipinski definition) is 8. The molecule has 3 N–H and O–H groups in total. The van der Waals surface area contributed by atoms with Crippen molar-refractivity contribution in [3.8, 4) is 17.5 Å². The monoisotopic (exact) mass is 535 g/mol. The molecule has 6 rings (SSSR count). The maximum absolute atomic E-state index is 14.0. The van der Waals surface area contributed by atoms with Gasteiger partial charge in [0.05, 0.1) is 34.4 Å². The van der Waals surface area contributed by atoms with Crippen molar-refractivity contribution in [3.05, 3.63) is 99.4 Å². The predicted molar refractivity (Wildman–Crippen MR) is 148 cm³/mol. The number of nitrogens with one attached hydrogen (secondary N) is 1. The summed E-state index contributed by atoms with van der Waals surface area (Å²) in [5.41, 5.74) is 8.18.